The summed E-state index contributed by atoms with van der Waals surface area (Å²) in [4.78, 5) is 6.58. The highest BCUT2D eigenvalue weighted by atomic mass is 35.5. The Morgan fingerprint density at radius 3 is 2.78 bits per heavy atom. The highest BCUT2D eigenvalue weighted by molar-refractivity contribution is 6.34. The Hall–Kier alpha value is -0.310. The number of hydrogen-bond acceptors (Lipinski definition) is 2. The molecule has 1 fully saturated rings. The van der Waals surface area contributed by atoms with Crippen molar-refractivity contribution in [2.75, 3.05) is 13.1 Å². The molecule has 0 aromatic carbocycles. The van der Waals surface area contributed by atoms with Crippen molar-refractivity contribution in [2.24, 2.45) is 5.41 Å². The molecule has 0 radical (unpaired) electrons. The van der Waals surface area contributed by atoms with E-state index in [1.165, 1.54) is 19.3 Å². The topological polar surface area (TPSA) is 16.1 Å². The van der Waals surface area contributed by atoms with Crippen molar-refractivity contribution in [3.63, 3.8) is 0 Å². The number of pyridine rings is 1. The summed E-state index contributed by atoms with van der Waals surface area (Å²) >= 11 is 12.0. The smallest absolute Gasteiger partial charge is 0.130 e. The molecule has 0 amide bonds. The SMILES string of the molecule is CC1(C)CCCN(Cc2cnc(Cl)cc2Cl)CC1. The van der Waals surface area contributed by atoms with Crippen molar-refractivity contribution in [1.82, 2.24) is 9.88 Å². The Labute approximate surface area is 119 Å². The molecule has 0 bridgehead atoms. The molecule has 2 nitrogen and oxygen atoms in total. The molecule has 1 aromatic heterocycles. The summed E-state index contributed by atoms with van der Waals surface area (Å²) in [7, 11) is 0. The molecule has 2 rings (SSSR count). The van der Waals surface area contributed by atoms with Crippen LogP contribution in [0.25, 0.3) is 0 Å². The van der Waals surface area contributed by atoms with E-state index in [2.05, 4.69) is 23.7 Å². The molecule has 18 heavy (non-hydrogen) atoms. The van der Waals surface area contributed by atoms with Gasteiger partial charge < -0.3 is 0 Å². The highest BCUT2D eigenvalue weighted by Gasteiger charge is 2.23. The van der Waals surface area contributed by atoms with E-state index in [0.29, 0.717) is 10.6 Å². The van der Waals surface area contributed by atoms with Crippen molar-refractivity contribution >= 4 is 23.2 Å². The minimum Gasteiger partial charge on any atom is -0.299 e. The summed E-state index contributed by atoms with van der Waals surface area (Å²) in [6.07, 6.45) is 5.59. The molecule has 0 aliphatic carbocycles. The van der Waals surface area contributed by atoms with E-state index in [9.17, 15) is 0 Å². The van der Waals surface area contributed by atoms with E-state index in [0.717, 1.165) is 30.2 Å². The van der Waals surface area contributed by atoms with Crippen LogP contribution < -0.4 is 0 Å². The van der Waals surface area contributed by atoms with Gasteiger partial charge in [-0.25, -0.2) is 4.98 Å². The van der Waals surface area contributed by atoms with Crippen LogP contribution in [0.15, 0.2) is 12.3 Å². The molecular weight excluding hydrogens is 267 g/mol. The van der Waals surface area contributed by atoms with Crippen molar-refractivity contribution in [2.45, 2.75) is 39.7 Å². The van der Waals surface area contributed by atoms with Gasteiger partial charge in [-0.2, -0.15) is 0 Å². The van der Waals surface area contributed by atoms with Gasteiger partial charge in [0.05, 0.1) is 0 Å². The summed E-state index contributed by atoms with van der Waals surface area (Å²) in [6, 6.07) is 1.72. The third-order valence-electron chi connectivity index (χ3n) is 3.72. The van der Waals surface area contributed by atoms with E-state index < -0.39 is 0 Å². The Morgan fingerprint density at radius 2 is 2.06 bits per heavy atom. The van der Waals surface area contributed by atoms with E-state index in [-0.39, 0.29) is 0 Å². The van der Waals surface area contributed by atoms with Crippen LogP contribution in [0.2, 0.25) is 10.2 Å². The molecule has 100 valence electrons. The van der Waals surface area contributed by atoms with Gasteiger partial charge in [-0.15, -0.1) is 0 Å². The van der Waals surface area contributed by atoms with Crippen LogP contribution in [0.3, 0.4) is 0 Å². The molecule has 1 saturated heterocycles. The van der Waals surface area contributed by atoms with Crippen LogP contribution in [-0.4, -0.2) is 23.0 Å². The quantitative estimate of drug-likeness (QED) is 0.749. The predicted octanol–water partition coefficient (Wildman–Crippen LogP) is 4.40. The van der Waals surface area contributed by atoms with Gasteiger partial charge in [0.1, 0.15) is 5.15 Å². The summed E-state index contributed by atoms with van der Waals surface area (Å²) < 4.78 is 0. The maximum absolute atomic E-state index is 6.19. The zero-order valence-electron chi connectivity index (χ0n) is 11.0. The average Bonchev–Trinajstić information content (AvgIpc) is 2.44. The fourth-order valence-electron chi connectivity index (χ4n) is 2.43. The molecule has 0 spiro atoms. The molecule has 1 aliphatic heterocycles. The van der Waals surface area contributed by atoms with E-state index in [1.807, 2.05) is 0 Å². The van der Waals surface area contributed by atoms with Gasteiger partial charge in [-0.3, -0.25) is 4.90 Å². The first-order chi connectivity index (χ1) is 8.46. The zero-order valence-corrected chi connectivity index (χ0v) is 12.6. The first-order valence-electron chi connectivity index (χ1n) is 6.49. The average molecular weight is 287 g/mol. The summed E-state index contributed by atoms with van der Waals surface area (Å²) in [6.45, 7) is 7.86. The molecule has 4 heteroatoms. The first-order valence-corrected chi connectivity index (χ1v) is 7.24. The fourth-order valence-corrected chi connectivity index (χ4v) is 2.86. The maximum atomic E-state index is 6.19. The molecule has 0 atom stereocenters. The van der Waals surface area contributed by atoms with Crippen molar-refractivity contribution in [3.8, 4) is 0 Å². The summed E-state index contributed by atoms with van der Waals surface area (Å²) in [5.41, 5.74) is 1.54. The lowest BCUT2D eigenvalue weighted by Gasteiger charge is -2.23. The lowest BCUT2D eigenvalue weighted by Crippen LogP contribution is -2.25. The van der Waals surface area contributed by atoms with Gasteiger partial charge in [0.25, 0.3) is 0 Å². The minimum absolute atomic E-state index is 0.459. The number of aromatic nitrogens is 1. The van der Waals surface area contributed by atoms with Crippen LogP contribution in [0.4, 0.5) is 0 Å². The van der Waals surface area contributed by atoms with Gasteiger partial charge in [0.2, 0.25) is 0 Å². The van der Waals surface area contributed by atoms with Gasteiger partial charge in [-0.05, 0) is 43.8 Å². The molecule has 2 heterocycles. The standard InChI is InChI=1S/C14H20Cl2N2/c1-14(2)4-3-6-18(7-5-14)10-11-9-17-13(16)8-12(11)15/h8-9H,3-7,10H2,1-2H3. The van der Waals surface area contributed by atoms with Crippen LogP contribution in [0.5, 0.6) is 0 Å². The number of nitrogens with zero attached hydrogens (tertiary/aromatic N) is 2. The van der Waals surface area contributed by atoms with Crippen molar-refractivity contribution in [3.05, 3.63) is 28.0 Å². The van der Waals surface area contributed by atoms with Crippen LogP contribution >= 0.6 is 23.2 Å². The van der Waals surface area contributed by atoms with Crippen molar-refractivity contribution in [1.29, 1.82) is 0 Å². The van der Waals surface area contributed by atoms with Gasteiger partial charge >= 0.3 is 0 Å². The second-order valence-corrected chi connectivity index (χ2v) is 6.69. The molecule has 0 N–H and O–H groups in total. The summed E-state index contributed by atoms with van der Waals surface area (Å²) in [5, 5.41) is 1.18. The monoisotopic (exact) mass is 286 g/mol. The van der Waals surface area contributed by atoms with Crippen molar-refractivity contribution < 1.29 is 0 Å². The molecule has 0 unspecified atom stereocenters. The van der Waals surface area contributed by atoms with E-state index >= 15 is 0 Å². The number of hydrogen-bond donors (Lipinski definition) is 0. The zero-order chi connectivity index (χ0) is 13.2. The Kier molecular flexibility index (Phi) is 4.52. The first kappa shape index (κ1) is 14.1. The normalized spacial score (nSPS) is 20.7. The molecule has 1 aromatic rings. The second-order valence-electron chi connectivity index (χ2n) is 5.89. The lowest BCUT2D eigenvalue weighted by atomic mass is 9.85. The lowest BCUT2D eigenvalue weighted by molar-refractivity contribution is 0.255. The van der Waals surface area contributed by atoms with E-state index in [4.69, 9.17) is 23.2 Å². The number of likely N-dealkylation sites (tertiary alicyclic amines) is 1. The molecule has 0 saturated carbocycles. The third kappa shape index (κ3) is 3.84. The minimum atomic E-state index is 0.459. The van der Waals surface area contributed by atoms with Crippen LogP contribution in [0, 0.1) is 5.41 Å². The van der Waals surface area contributed by atoms with Crippen LogP contribution in [-0.2, 0) is 6.54 Å². The number of rotatable bonds is 2. The Balaban J connectivity index is 2.01. The highest BCUT2D eigenvalue weighted by Crippen LogP contribution is 2.30. The second kappa shape index (κ2) is 5.77. The number of halogens is 2. The van der Waals surface area contributed by atoms with E-state index in [1.54, 1.807) is 12.3 Å². The summed E-state index contributed by atoms with van der Waals surface area (Å²) in [5.74, 6) is 0. The Morgan fingerprint density at radius 1 is 1.28 bits per heavy atom. The molecule has 1 aliphatic rings. The third-order valence-corrected chi connectivity index (χ3v) is 4.28. The molecular formula is C14H20Cl2N2. The fraction of sp³-hybridized carbons (Fsp3) is 0.643. The Bertz CT molecular complexity index is 418. The van der Waals surface area contributed by atoms with Crippen LogP contribution in [0.1, 0.15) is 38.7 Å². The largest absolute Gasteiger partial charge is 0.299 e. The maximum Gasteiger partial charge on any atom is 0.130 e. The van der Waals surface area contributed by atoms with Gasteiger partial charge in [0.15, 0.2) is 0 Å². The van der Waals surface area contributed by atoms with Gasteiger partial charge in [0, 0.05) is 23.3 Å². The van der Waals surface area contributed by atoms with Gasteiger partial charge in [-0.1, -0.05) is 37.0 Å². The predicted molar refractivity (Wildman–Crippen MR) is 77.2 cm³/mol.